The smallest absolute Gasteiger partial charge is 0.261 e. The quantitative estimate of drug-likeness (QED) is 0.843. The van der Waals surface area contributed by atoms with Crippen molar-refractivity contribution in [2.24, 2.45) is 5.92 Å². The molecule has 1 aliphatic carbocycles. The second-order valence-electron chi connectivity index (χ2n) is 6.22. The Kier molecular flexibility index (Phi) is 5.64. The van der Waals surface area contributed by atoms with Gasteiger partial charge in [-0.05, 0) is 47.9 Å². The SMILES string of the molecule is O=C(NCC1CCCC1)c1ccc(CNC(=O)c2cccs2)cc1. The van der Waals surface area contributed by atoms with Crippen molar-refractivity contribution < 1.29 is 9.59 Å². The third-order valence-corrected chi connectivity index (χ3v) is 5.31. The molecule has 5 heteroatoms. The summed E-state index contributed by atoms with van der Waals surface area (Å²) in [5, 5.41) is 7.79. The van der Waals surface area contributed by atoms with Crippen molar-refractivity contribution in [1.29, 1.82) is 0 Å². The number of nitrogens with one attached hydrogen (secondary N) is 2. The molecule has 1 aliphatic rings. The van der Waals surface area contributed by atoms with Gasteiger partial charge in [0, 0.05) is 18.7 Å². The van der Waals surface area contributed by atoms with Crippen molar-refractivity contribution >= 4 is 23.2 Å². The molecule has 1 aromatic heterocycles. The zero-order valence-corrected chi connectivity index (χ0v) is 14.4. The van der Waals surface area contributed by atoms with E-state index in [1.54, 1.807) is 6.07 Å². The number of amides is 2. The molecule has 0 bridgehead atoms. The summed E-state index contributed by atoms with van der Waals surface area (Å²) >= 11 is 1.42. The Morgan fingerprint density at radius 3 is 2.42 bits per heavy atom. The van der Waals surface area contributed by atoms with E-state index in [4.69, 9.17) is 0 Å². The Hall–Kier alpha value is -2.14. The van der Waals surface area contributed by atoms with Gasteiger partial charge in [-0.3, -0.25) is 9.59 Å². The second-order valence-corrected chi connectivity index (χ2v) is 7.17. The number of rotatable bonds is 6. The maximum Gasteiger partial charge on any atom is 0.261 e. The Balaban J connectivity index is 1.47. The lowest BCUT2D eigenvalue weighted by Gasteiger charge is -2.11. The Bertz CT molecular complexity index is 674. The lowest BCUT2D eigenvalue weighted by molar-refractivity contribution is 0.0941. The summed E-state index contributed by atoms with van der Waals surface area (Å²) < 4.78 is 0. The van der Waals surface area contributed by atoms with Crippen LogP contribution in [0.15, 0.2) is 41.8 Å². The monoisotopic (exact) mass is 342 g/mol. The van der Waals surface area contributed by atoms with E-state index in [1.807, 2.05) is 35.7 Å². The number of thiophene rings is 1. The molecule has 3 rings (SSSR count). The molecule has 0 spiro atoms. The second kappa shape index (κ2) is 8.11. The van der Waals surface area contributed by atoms with Crippen molar-refractivity contribution in [3.05, 3.63) is 57.8 Å². The van der Waals surface area contributed by atoms with Gasteiger partial charge in [-0.2, -0.15) is 0 Å². The Morgan fingerprint density at radius 1 is 1.00 bits per heavy atom. The van der Waals surface area contributed by atoms with Gasteiger partial charge in [0.2, 0.25) is 0 Å². The van der Waals surface area contributed by atoms with Crippen molar-refractivity contribution in [2.75, 3.05) is 6.54 Å². The van der Waals surface area contributed by atoms with E-state index in [1.165, 1.54) is 37.0 Å². The van der Waals surface area contributed by atoms with Crippen LogP contribution in [0.3, 0.4) is 0 Å². The molecule has 1 aromatic carbocycles. The lowest BCUT2D eigenvalue weighted by atomic mass is 10.1. The molecule has 24 heavy (non-hydrogen) atoms. The predicted octanol–water partition coefficient (Wildman–Crippen LogP) is 3.60. The van der Waals surface area contributed by atoms with Crippen LogP contribution in [0.5, 0.6) is 0 Å². The first-order chi connectivity index (χ1) is 11.7. The summed E-state index contributed by atoms with van der Waals surface area (Å²) in [6.07, 6.45) is 5.02. The number of carbonyl (C=O) groups is 2. The highest BCUT2D eigenvalue weighted by Crippen LogP contribution is 2.23. The average Bonchev–Trinajstić information content (AvgIpc) is 3.31. The summed E-state index contributed by atoms with van der Waals surface area (Å²) in [6.45, 7) is 1.23. The minimum atomic E-state index is -0.0663. The van der Waals surface area contributed by atoms with Crippen LogP contribution in [-0.2, 0) is 6.54 Å². The Labute approximate surface area is 146 Å². The minimum Gasteiger partial charge on any atom is -0.352 e. The number of benzene rings is 1. The highest BCUT2D eigenvalue weighted by Gasteiger charge is 2.16. The first-order valence-electron chi connectivity index (χ1n) is 8.41. The first-order valence-corrected chi connectivity index (χ1v) is 9.29. The van der Waals surface area contributed by atoms with E-state index in [9.17, 15) is 9.59 Å². The number of carbonyl (C=O) groups excluding carboxylic acids is 2. The van der Waals surface area contributed by atoms with Gasteiger partial charge in [-0.25, -0.2) is 0 Å². The van der Waals surface area contributed by atoms with Crippen LogP contribution in [-0.4, -0.2) is 18.4 Å². The summed E-state index contributed by atoms with van der Waals surface area (Å²) in [7, 11) is 0. The van der Waals surface area contributed by atoms with Crippen LogP contribution < -0.4 is 10.6 Å². The van der Waals surface area contributed by atoms with Gasteiger partial charge < -0.3 is 10.6 Å². The van der Waals surface area contributed by atoms with Gasteiger partial charge in [0.1, 0.15) is 0 Å². The van der Waals surface area contributed by atoms with Crippen LogP contribution in [0.25, 0.3) is 0 Å². The van der Waals surface area contributed by atoms with Crippen molar-refractivity contribution in [2.45, 2.75) is 32.2 Å². The van der Waals surface area contributed by atoms with Crippen molar-refractivity contribution in [1.82, 2.24) is 10.6 Å². The normalized spacial score (nSPS) is 14.5. The van der Waals surface area contributed by atoms with Gasteiger partial charge in [-0.15, -0.1) is 11.3 Å². The molecule has 0 saturated heterocycles. The van der Waals surface area contributed by atoms with Crippen LogP contribution in [0.2, 0.25) is 0 Å². The summed E-state index contributed by atoms with van der Waals surface area (Å²) in [4.78, 5) is 24.8. The molecular formula is C19H22N2O2S. The largest absolute Gasteiger partial charge is 0.352 e. The molecule has 1 saturated carbocycles. The molecule has 2 amide bonds. The van der Waals surface area contributed by atoms with Crippen molar-refractivity contribution in [3.8, 4) is 0 Å². The van der Waals surface area contributed by atoms with E-state index >= 15 is 0 Å². The molecule has 1 heterocycles. The van der Waals surface area contributed by atoms with Gasteiger partial charge in [-0.1, -0.05) is 31.0 Å². The van der Waals surface area contributed by atoms with Crippen LogP contribution in [0, 0.1) is 5.92 Å². The fourth-order valence-corrected chi connectivity index (χ4v) is 3.64. The molecule has 1 fully saturated rings. The van der Waals surface area contributed by atoms with E-state index in [0.29, 0.717) is 22.9 Å². The summed E-state index contributed by atoms with van der Waals surface area (Å²) in [5.41, 5.74) is 1.65. The molecule has 126 valence electrons. The lowest BCUT2D eigenvalue weighted by Crippen LogP contribution is -2.28. The minimum absolute atomic E-state index is 0.0175. The van der Waals surface area contributed by atoms with E-state index in [-0.39, 0.29) is 11.8 Å². The summed E-state index contributed by atoms with van der Waals surface area (Å²) in [6, 6.07) is 11.1. The maximum atomic E-state index is 12.2. The molecule has 2 N–H and O–H groups in total. The fourth-order valence-electron chi connectivity index (χ4n) is 3.00. The third-order valence-electron chi connectivity index (χ3n) is 4.44. The molecular weight excluding hydrogens is 320 g/mol. The van der Waals surface area contributed by atoms with Crippen molar-refractivity contribution in [3.63, 3.8) is 0 Å². The maximum absolute atomic E-state index is 12.2. The summed E-state index contributed by atoms with van der Waals surface area (Å²) in [5.74, 6) is 0.556. The molecule has 0 aliphatic heterocycles. The zero-order chi connectivity index (χ0) is 16.8. The highest BCUT2D eigenvalue weighted by atomic mass is 32.1. The number of hydrogen-bond acceptors (Lipinski definition) is 3. The van der Waals surface area contributed by atoms with Gasteiger partial charge in [0.15, 0.2) is 0 Å². The number of hydrogen-bond donors (Lipinski definition) is 2. The van der Waals surface area contributed by atoms with Crippen LogP contribution in [0.4, 0.5) is 0 Å². The zero-order valence-electron chi connectivity index (χ0n) is 13.6. The molecule has 2 aromatic rings. The van der Waals surface area contributed by atoms with Gasteiger partial charge >= 0.3 is 0 Å². The van der Waals surface area contributed by atoms with Crippen LogP contribution in [0.1, 0.15) is 51.3 Å². The standard InChI is InChI=1S/C19H22N2O2S/c22-18(20-12-14-4-1-2-5-14)16-9-7-15(8-10-16)13-21-19(23)17-6-3-11-24-17/h3,6-11,14H,1-2,4-5,12-13H2,(H,20,22)(H,21,23). The molecule has 4 nitrogen and oxygen atoms in total. The predicted molar refractivity (Wildman–Crippen MR) is 96.2 cm³/mol. The highest BCUT2D eigenvalue weighted by molar-refractivity contribution is 7.12. The molecule has 0 radical (unpaired) electrons. The molecule has 0 atom stereocenters. The van der Waals surface area contributed by atoms with Gasteiger partial charge in [0.05, 0.1) is 4.88 Å². The first kappa shape index (κ1) is 16.7. The van der Waals surface area contributed by atoms with E-state index in [0.717, 1.165) is 12.1 Å². The third kappa shape index (κ3) is 4.45. The van der Waals surface area contributed by atoms with E-state index in [2.05, 4.69) is 10.6 Å². The van der Waals surface area contributed by atoms with Crippen LogP contribution >= 0.6 is 11.3 Å². The Morgan fingerprint density at radius 2 is 1.75 bits per heavy atom. The van der Waals surface area contributed by atoms with Gasteiger partial charge in [0.25, 0.3) is 11.8 Å². The topological polar surface area (TPSA) is 58.2 Å². The average molecular weight is 342 g/mol. The fraction of sp³-hybridized carbons (Fsp3) is 0.368. The van der Waals surface area contributed by atoms with E-state index < -0.39 is 0 Å². The molecule has 0 unspecified atom stereocenters.